The molecule has 8 heteroatoms. The number of nitrogens with zero attached hydrogens (tertiary/aromatic N) is 3. The zero-order valence-electron chi connectivity index (χ0n) is 17.0. The number of benzene rings is 1. The Morgan fingerprint density at radius 1 is 1.29 bits per heavy atom. The molecule has 31 heavy (non-hydrogen) atoms. The zero-order chi connectivity index (χ0) is 22.0. The van der Waals surface area contributed by atoms with Crippen molar-refractivity contribution in [2.45, 2.75) is 25.2 Å². The maximum absolute atomic E-state index is 13.1. The van der Waals surface area contributed by atoms with Gasteiger partial charge >= 0.3 is 0 Å². The Balaban J connectivity index is 1.85. The van der Waals surface area contributed by atoms with Crippen LogP contribution in [0.2, 0.25) is 0 Å². The summed E-state index contributed by atoms with van der Waals surface area (Å²) in [6.07, 6.45) is 4.54. The summed E-state index contributed by atoms with van der Waals surface area (Å²) in [6.45, 7) is 0. The number of Topliss-reactive ketones (excluding diaryl/α,β-unsaturated/α-hetero) is 1. The number of nitrogens with two attached hydrogens (primary N) is 1. The van der Waals surface area contributed by atoms with Gasteiger partial charge in [-0.1, -0.05) is 18.2 Å². The van der Waals surface area contributed by atoms with E-state index in [4.69, 9.17) is 10.5 Å². The normalized spacial score (nSPS) is 18.4. The molecule has 2 heterocycles. The first-order chi connectivity index (χ1) is 15.1. The maximum Gasteiger partial charge on any atom is 0.271 e. The van der Waals surface area contributed by atoms with Gasteiger partial charge in [0.25, 0.3) is 5.91 Å². The molecule has 0 bridgehead atoms. The monoisotopic (exact) mass is 415 g/mol. The molecule has 1 aromatic heterocycles. The van der Waals surface area contributed by atoms with Crippen LogP contribution in [0.15, 0.2) is 71.5 Å². The van der Waals surface area contributed by atoms with E-state index in [9.17, 15) is 14.9 Å². The van der Waals surface area contributed by atoms with E-state index in [-0.39, 0.29) is 17.2 Å². The minimum absolute atomic E-state index is 0.0713. The molecule has 0 fully saturated rings. The van der Waals surface area contributed by atoms with Crippen LogP contribution in [0.25, 0.3) is 0 Å². The Bertz CT molecular complexity index is 1150. The Hall–Kier alpha value is -4.12. The van der Waals surface area contributed by atoms with Crippen LogP contribution in [-0.4, -0.2) is 28.8 Å². The molecule has 2 aromatic rings. The molecule has 1 atom stereocenters. The molecule has 0 saturated heterocycles. The lowest BCUT2D eigenvalue weighted by Gasteiger charge is -2.39. The lowest BCUT2D eigenvalue weighted by Crippen LogP contribution is -2.48. The van der Waals surface area contributed by atoms with E-state index in [2.05, 4.69) is 16.5 Å². The van der Waals surface area contributed by atoms with Gasteiger partial charge in [-0.15, -0.1) is 0 Å². The molecule has 0 saturated carbocycles. The molecular formula is C23H21N5O3. The van der Waals surface area contributed by atoms with E-state index < -0.39 is 11.8 Å². The van der Waals surface area contributed by atoms with Crippen molar-refractivity contribution in [1.29, 1.82) is 5.26 Å². The smallest absolute Gasteiger partial charge is 0.271 e. The van der Waals surface area contributed by atoms with Gasteiger partial charge in [0.1, 0.15) is 11.6 Å². The molecular weight excluding hydrogens is 394 g/mol. The van der Waals surface area contributed by atoms with E-state index in [0.29, 0.717) is 47.4 Å². The third-order valence-corrected chi connectivity index (χ3v) is 5.50. The second-order valence-corrected chi connectivity index (χ2v) is 7.24. The van der Waals surface area contributed by atoms with Crippen molar-refractivity contribution in [3.8, 4) is 11.8 Å². The minimum atomic E-state index is -0.657. The number of amides is 1. The highest BCUT2D eigenvalue weighted by Gasteiger charge is 2.41. The van der Waals surface area contributed by atoms with Crippen molar-refractivity contribution in [2.24, 2.45) is 5.73 Å². The van der Waals surface area contributed by atoms with Crippen LogP contribution in [0.1, 0.15) is 41.1 Å². The first kappa shape index (κ1) is 20.2. The van der Waals surface area contributed by atoms with Crippen LogP contribution >= 0.6 is 0 Å². The highest BCUT2D eigenvalue weighted by Crippen LogP contribution is 2.46. The second-order valence-electron chi connectivity index (χ2n) is 7.24. The Morgan fingerprint density at radius 2 is 2.10 bits per heavy atom. The van der Waals surface area contributed by atoms with Crippen molar-refractivity contribution in [1.82, 2.24) is 15.4 Å². The number of pyridine rings is 1. The fourth-order valence-corrected chi connectivity index (χ4v) is 4.09. The lowest BCUT2D eigenvalue weighted by atomic mass is 9.76. The van der Waals surface area contributed by atoms with E-state index in [1.165, 1.54) is 11.2 Å². The number of ketones is 1. The summed E-state index contributed by atoms with van der Waals surface area (Å²) in [5.41, 5.74) is 11.4. The molecule has 3 N–H and O–H groups in total. The summed E-state index contributed by atoms with van der Waals surface area (Å²) in [4.78, 5) is 29.8. The number of hydrogen-bond acceptors (Lipinski definition) is 7. The van der Waals surface area contributed by atoms with Gasteiger partial charge in [0.05, 0.1) is 30.2 Å². The number of aromatic nitrogens is 1. The molecule has 156 valence electrons. The average Bonchev–Trinajstić information content (AvgIpc) is 2.81. The summed E-state index contributed by atoms with van der Waals surface area (Å²) in [5, 5.41) is 11.4. The lowest BCUT2D eigenvalue weighted by molar-refractivity contribution is -0.116. The standard InChI is InChI=1S/C23H21N5O3/c1-31-19-10-3-2-7-15(19)20-16(12-24)22(25)28(17-8-4-9-18(29)21(17)20)27-23(30)14-6-5-11-26-13-14/h2-3,5-7,10-11,13,20H,4,8-9,25H2,1H3,(H,27,30). The van der Waals surface area contributed by atoms with E-state index in [0.717, 1.165) is 0 Å². The molecule has 1 amide bonds. The van der Waals surface area contributed by atoms with Gasteiger partial charge < -0.3 is 10.5 Å². The Morgan fingerprint density at radius 3 is 2.81 bits per heavy atom. The molecule has 1 aromatic carbocycles. The molecule has 8 nitrogen and oxygen atoms in total. The van der Waals surface area contributed by atoms with Crippen LogP contribution in [0.4, 0.5) is 0 Å². The number of nitrogens with one attached hydrogen (secondary N) is 1. The zero-order valence-corrected chi connectivity index (χ0v) is 17.0. The van der Waals surface area contributed by atoms with Crippen molar-refractivity contribution in [2.75, 3.05) is 7.11 Å². The fourth-order valence-electron chi connectivity index (χ4n) is 4.09. The van der Waals surface area contributed by atoms with Gasteiger partial charge in [-0.25, -0.2) is 5.01 Å². The van der Waals surface area contributed by atoms with Crippen LogP contribution < -0.4 is 15.9 Å². The third-order valence-electron chi connectivity index (χ3n) is 5.50. The third kappa shape index (κ3) is 3.51. The van der Waals surface area contributed by atoms with Crippen molar-refractivity contribution < 1.29 is 14.3 Å². The summed E-state index contributed by atoms with van der Waals surface area (Å²) >= 11 is 0. The molecule has 0 spiro atoms. The van der Waals surface area contributed by atoms with E-state index in [1.54, 1.807) is 31.5 Å². The highest BCUT2D eigenvalue weighted by atomic mass is 16.5. The number of hydrazine groups is 1. The Kier molecular flexibility index (Phi) is 5.41. The average molecular weight is 415 g/mol. The maximum atomic E-state index is 13.1. The second kappa shape index (κ2) is 8.32. The van der Waals surface area contributed by atoms with E-state index >= 15 is 0 Å². The van der Waals surface area contributed by atoms with Crippen LogP contribution in [0, 0.1) is 11.3 Å². The summed E-state index contributed by atoms with van der Waals surface area (Å²) in [7, 11) is 1.54. The topological polar surface area (TPSA) is 121 Å². The number of nitriles is 1. The highest BCUT2D eigenvalue weighted by molar-refractivity contribution is 6.00. The molecule has 1 aliphatic carbocycles. The number of carbonyl (C=O) groups is 2. The Labute approximate surface area is 179 Å². The first-order valence-corrected chi connectivity index (χ1v) is 9.86. The quantitative estimate of drug-likeness (QED) is 0.787. The molecule has 4 rings (SSSR count). The van der Waals surface area contributed by atoms with Gasteiger partial charge in [0.15, 0.2) is 5.78 Å². The van der Waals surface area contributed by atoms with Gasteiger partial charge in [-0.05, 0) is 31.0 Å². The first-order valence-electron chi connectivity index (χ1n) is 9.86. The van der Waals surface area contributed by atoms with E-state index in [1.807, 2.05) is 18.2 Å². The van der Waals surface area contributed by atoms with Crippen molar-refractivity contribution in [3.63, 3.8) is 0 Å². The number of carbonyl (C=O) groups excluding carboxylic acids is 2. The molecule has 0 radical (unpaired) electrons. The number of rotatable bonds is 4. The minimum Gasteiger partial charge on any atom is -0.496 e. The molecule has 1 unspecified atom stereocenters. The fraction of sp³-hybridized carbons (Fsp3) is 0.217. The van der Waals surface area contributed by atoms with Gasteiger partial charge in [-0.3, -0.25) is 20.0 Å². The predicted molar refractivity (Wildman–Crippen MR) is 112 cm³/mol. The van der Waals surface area contributed by atoms with Crippen molar-refractivity contribution >= 4 is 11.7 Å². The summed E-state index contributed by atoms with van der Waals surface area (Å²) in [5.74, 6) is -0.516. The van der Waals surface area contributed by atoms with Gasteiger partial charge in [-0.2, -0.15) is 5.26 Å². The SMILES string of the molecule is COc1ccccc1C1C(C#N)=C(N)N(NC(=O)c2cccnc2)C2=C1C(=O)CCC2. The predicted octanol–water partition coefficient (Wildman–Crippen LogP) is 2.54. The van der Waals surface area contributed by atoms with Crippen molar-refractivity contribution in [3.05, 3.63) is 82.6 Å². The number of hydrogen-bond donors (Lipinski definition) is 2. The van der Waals surface area contributed by atoms with Gasteiger partial charge in [0, 0.05) is 35.6 Å². The van der Waals surface area contributed by atoms with Crippen LogP contribution in [0.5, 0.6) is 5.75 Å². The number of allylic oxidation sites excluding steroid dienone is 3. The largest absolute Gasteiger partial charge is 0.496 e. The number of para-hydroxylation sites is 1. The number of ether oxygens (including phenoxy) is 1. The van der Waals surface area contributed by atoms with Gasteiger partial charge in [0.2, 0.25) is 0 Å². The summed E-state index contributed by atoms with van der Waals surface area (Å²) < 4.78 is 5.49. The summed E-state index contributed by atoms with van der Waals surface area (Å²) in [6, 6.07) is 12.7. The molecule has 1 aliphatic heterocycles. The molecule has 2 aliphatic rings. The van der Waals surface area contributed by atoms with Crippen LogP contribution in [-0.2, 0) is 4.79 Å². The van der Waals surface area contributed by atoms with Crippen LogP contribution in [0.3, 0.4) is 0 Å². The number of methoxy groups -OCH3 is 1.